The van der Waals surface area contributed by atoms with Crippen molar-refractivity contribution in [2.45, 2.75) is 0 Å². The van der Waals surface area contributed by atoms with E-state index in [1.165, 1.54) is 4.52 Å². The third-order valence-corrected chi connectivity index (χ3v) is 4.40. The largest absolute Gasteiger partial charge is 0.300 e. The number of rotatable bonds is 2. The lowest BCUT2D eigenvalue weighted by Gasteiger charge is -1.98. The molecule has 0 amide bonds. The van der Waals surface area contributed by atoms with E-state index in [4.69, 9.17) is 0 Å². The average Bonchev–Trinajstić information content (AvgIpc) is 2.91. The summed E-state index contributed by atoms with van der Waals surface area (Å²) in [4.78, 5) is 33.0. The number of benzene rings is 1. The van der Waals surface area contributed by atoms with Crippen molar-refractivity contribution in [1.82, 2.24) is 19.6 Å². The molecule has 0 aliphatic carbocycles. The predicted molar refractivity (Wildman–Crippen MR) is 91.9 cm³/mol. The summed E-state index contributed by atoms with van der Waals surface area (Å²) in [6, 6.07) is 12.6. The minimum absolute atomic E-state index is 0.165. The van der Waals surface area contributed by atoms with Crippen molar-refractivity contribution in [2.24, 2.45) is 0 Å². The topological polar surface area (TPSA) is 77.2 Å². The highest BCUT2D eigenvalue weighted by Gasteiger charge is 2.12. The maximum absolute atomic E-state index is 12.5. The summed E-state index contributed by atoms with van der Waals surface area (Å²) >= 11 is 1.14. The molecule has 0 saturated carbocycles. The van der Waals surface area contributed by atoms with E-state index in [9.17, 15) is 9.59 Å². The molecule has 0 aliphatic rings. The Kier molecular flexibility index (Phi) is 3.47. The quantitative estimate of drug-likeness (QED) is 0.549. The van der Waals surface area contributed by atoms with Crippen LogP contribution in [0.4, 0.5) is 0 Å². The monoisotopic (exact) mass is 334 g/mol. The van der Waals surface area contributed by atoms with Crippen molar-refractivity contribution in [3.05, 3.63) is 85.7 Å². The van der Waals surface area contributed by atoms with E-state index in [0.717, 1.165) is 16.9 Å². The summed E-state index contributed by atoms with van der Waals surface area (Å²) in [6.07, 6.45) is 5.03. The van der Waals surface area contributed by atoms with Gasteiger partial charge < -0.3 is 0 Å². The van der Waals surface area contributed by atoms with Gasteiger partial charge in [-0.2, -0.15) is 14.6 Å². The molecule has 0 fully saturated rings. The third kappa shape index (κ3) is 2.50. The second-order valence-electron chi connectivity index (χ2n) is 5.02. The zero-order valence-electron chi connectivity index (χ0n) is 12.3. The Labute approximate surface area is 139 Å². The predicted octanol–water partition coefficient (Wildman–Crippen LogP) is 1.12. The van der Waals surface area contributed by atoms with Gasteiger partial charge in [-0.3, -0.25) is 14.6 Å². The maximum Gasteiger partial charge on any atom is 0.300 e. The van der Waals surface area contributed by atoms with E-state index >= 15 is 0 Å². The molecule has 0 radical (unpaired) electrons. The van der Waals surface area contributed by atoms with E-state index in [2.05, 4.69) is 15.1 Å². The number of pyridine rings is 1. The second-order valence-corrected chi connectivity index (χ2v) is 6.03. The molecule has 0 aliphatic heterocycles. The molecule has 6 nitrogen and oxygen atoms in total. The Hall–Kier alpha value is -3.19. The molecule has 116 valence electrons. The Morgan fingerprint density at radius 1 is 1.00 bits per heavy atom. The van der Waals surface area contributed by atoms with Crippen LogP contribution in [0.5, 0.6) is 0 Å². The number of aromatic nitrogens is 4. The lowest BCUT2D eigenvalue weighted by Crippen LogP contribution is -2.26. The molecule has 4 aromatic rings. The van der Waals surface area contributed by atoms with Crippen molar-refractivity contribution in [3.8, 4) is 11.3 Å². The number of thiazole rings is 1. The van der Waals surface area contributed by atoms with Crippen LogP contribution in [0.1, 0.15) is 5.56 Å². The summed E-state index contributed by atoms with van der Waals surface area (Å²) in [5.41, 5.74) is 0.905. The van der Waals surface area contributed by atoms with Crippen LogP contribution >= 0.6 is 11.3 Å². The summed E-state index contributed by atoms with van der Waals surface area (Å²) < 4.78 is 1.65. The Morgan fingerprint density at radius 2 is 1.75 bits per heavy atom. The smallest absolute Gasteiger partial charge is 0.266 e. The highest BCUT2D eigenvalue weighted by atomic mass is 32.1. The van der Waals surface area contributed by atoms with E-state index in [-0.39, 0.29) is 16.2 Å². The normalized spacial score (nSPS) is 11.9. The van der Waals surface area contributed by atoms with Gasteiger partial charge in [0.1, 0.15) is 0 Å². The van der Waals surface area contributed by atoms with Gasteiger partial charge in [-0.15, -0.1) is 0 Å². The van der Waals surface area contributed by atoms with Crippen LogP contribution in [0.3, 0.4) is 0 Å². The van der Waals surface area contributed by atoms with Gasteiger partial charge in [0, 0.05) is 18.0 Å². The van der Waals surface area contributed by atoms with Crippen molar-refractivity contribution in [1.29, 1.82) is 0 Å². The van der Waals surface area contributed by atoms with Crippen molar-refractivity contribution in [2.75, 3.05) is 0 Å². The van der Waals surface area contributed by atoms with E-state index in [0.29, 0.717) is 10.1 Å². The second kappa shape index (κ2) is 5.78. The number of hydrogen-bond acceptors (Lipinski definition) is 6. The molecule has 0 unspecified atom stereocenters. The number of hydrogen-bond donors (Lipinski definition) is 0. The minimum atomic E-state index is -0.446. The van der Waals surface area contributed by atoms with Crippen LogP contribution in [0.15, 0.2) is 64.4 Å². The Bertz CT molecular complexity index is 1180. The van der Waals surface area contributed by atoms with Crippen molar-refractivity contribution in [3.63, 3.8) is 0 Å². The molecule has 0 bridgehead atoms. The zero-order valence-corrected chi connectivity index (χ0v) is 13.1. The molecule has 0 spiro atoms. The van der Waals surface area contributed by atoms with Crippen molar-refractivity contribution < 1.29 is 0 Å². The van der Waals surface area contributed by atoms with Gasteiger partial charge in [-0.25, -0.2) is 0 Å². The lowest BCUT2D eigenvalue weighted by molar-refractivity contribution is 0.873. The molecule has 3 heterocycles. The van der Waals surface area contributed by atoms with Crippen LogP contribution < -0.4 is 15.7 Å². The fourth-order valence-corrected chi connectivity index (χ4v) is 3.20. The summed E-state index contributed by atoms with van der Waals surface area (Å²) in [7, 11) is 0. The molecule has 0 N–H and O–H groups in total. The van der Waals surface area contributed by atoms with Gasteiger partial charge in [0.2, 0.25) is 4.96 Å². The number of fused-ring (bicyclic) bond motifs is 1. The van der Waals surface area contributed by atoms with Gasteiger partial charge in [0.25, 0.3) is 5.56 Å². The first-order chi connectivity index (χ1) is 11.7. The maximum atomic E-state index is 12.5. The Morgan fingerprint density at radius 3 is 2.50 bits per heavy atom. The molecule has 24 heavy (non-hydrogen) atoms. The van der Waals surface area contributed by atoms with Gasteiger partial charge in [0.05, 0.1) is 4.53 Å². The lowest BCUT2D eigenvalue weighted by atomic mass is 10.2. The molecule has 4 rings (SSSR count). The summed E-state index contributed by atoms with van der Waals surface area (Å²) in [5, 5.41) is 4.21. The van der Waals surface area contributed by atoms with Crippen LogP contribution in [-0.4, -0.2) is 19.6 Å². The molecular weight excluding hydrogens is 324 g/mol. The van der Waals surface area contributed by atoms with E-state index in [1.807, 2.05) is 6.07 Å². The van der Waals surface area contributed by atoms with Gasteiger partial charge >= 0.3 is 5.56 Å². The van der Waals surface area contributed by atoms with Crippen molar-refractivity contribution >= 4 is 22.4 Å². The molecule has 1 aromatic carbocycles. The van der Waals surface area contributed by atoms with Gasteiger partial charge in [0.15, 0.2) is 5.69 Å². The molecule has 0 atom stereocenters. The molecule has 3 aromatic heterocycles. The summed E-state index contributed by atoms with van der Waals surface area (Å²) in [5.74, 6) is 0. The fraction of sp³-hybridized carbons (Fsp3) is 0. The number of nitrogens with zero attached hydrogens (tertiary/aromatic N) is 4. The van der Waals surface area contributed by atoms with E-state index in [1.54, 1.807) is 54.9 Å². The van der Waals surface area contributed by atoms with Crippen LogP contribution in [0.2, 0.25) is 0 Å². The standard InChI is InChI=1S/C17H10N4O2S/c22-15-14(12-4-2-1-3-5-12)20-21-16(23)13(24-17(21)19-15)10-11-6-8-18-9-7-11/h1-10H/b13-10-. The van der Waals surface area contributed by atoms with E-state index < -0.39 is 5.56 Å². The highest BCUT2D eigenvalue weighted by Crippen LogP contribution is 2.11. The first-order valence-electron chi connectivity index (χ1n) is 7.13. The molecule has 7 heteroatoms. The van der Waals surface area contributed by atoms with Gasteiger partial charge in [-0.1, -0.05) is 41.7 Å². The average molecular weight is 334 g/mol. The van der Waals surface area contributed by atoms with Gasteiger partial charge in [-0.05, 0) is 23.8 Å². The van der Waals surface area contributed by atoms with Crippen LogP contribution in [-0.2, 0) is 0 Å². The first-order valence-corrected chi connectivity index (χ1v) is 7.95. The Balaban J connectivity index is 1.96. The highest BCUT2D eigenvalue weighted by molar-refractivity contribution is 7.15. The summed E-state index contributed by atoms with van der Waals surface area (Å²) in [6.45, 7) is 0. The minimum Gasteiger partial charge on any atom is -0.266 e. The molecule has 0 saturated heterocycles. The van der Waals surface area contributed by atoms with Crippen LogP contribution in [0, 0.1) is 0 Å². The SMILES string of the molecule is O=c1nc2s/c(=C\c3ccncc3)c(=O)n2nc1-c1ccccc1. The first kappa shape index (κ1) is 14.4. The fourth-order valence-electron chi connectivity index (χ4n) is 2.30. The molecular formula is C17H10N4O2S. The zero-order chi connectivity index (χ0) is 16.5. The van der Waals surface area contributed by atoms with Crippen LogP contribution in [0.25, 0.3) is 22.3 Å². The third-order valence-electron chi connectivity index (χ3n) is 3.44.